The van der Waals surface area contributed by atoms with Crippen molar-refractivity contribution >= 4 is 0 Å². The van der Waals surface area contributed by atoms with Crippen LogP contribution in [0.5, 0.6) is 0 Å². The van der Waals surface area contributed by atoms with Gasteiger partial charge in [0.1, 0.15) is 11.6 Å². The van der Waals surface area contributed by atoms with E-state index < -0.39 is 11.6 Å². The molecule has 0 aliphatic heterocycles. The van der Waals surface area contributed by atoms with E-state index >= 15 is 0 Å². The van der Waals surface area contributed by atoms with Gasteiger partial charge in [-0.1, -0.05) is 13.8 Å². The van der Waals surface area contributed by atoms with Gasteiger partial charge in [-0.15, -0.1) is 0 Å². The molecule has 96 valence electrons. The standard InChI is InChI=1S/C13H19F2NO/c1-8(2)13(17-3)12(16)6-9-4-10(14)7-11(15)5-9/h4-5,7-8,12-13H,6,16H2,1-3H3. The first kappa shape index (κ1) is 14.1. The second-order valence-corrected chi connectivity index (χ2v) is 4.59. The third-order valence-electron chi connectivity index (χ3n) is 2.74. The molecule has 1 rings (SSSR count). The molecule has 1 aromatic rings. The minimum absolute atomic E-state index is 0.124. The minimum Gasteiger partial charge on any atom is -0.380 e. The maximum Gasteiger partial charge on any atom is 0.126 e. The summed E-state index contributed by atoms with van der Waals surface area (Å²) in [7, 11) is 1.59. The van der Waals surface area contributed by atoms with Crippen molar-refractivity contribution in [3.05, 3.63) is 35.4 Å². The highest BCUT2D eigenvalue weighted by Gasteiger charge is 2.21. The molecule has 4 heteroatoms. The third-order valence-corrected chi connectivity index (χ3v) is 2.74. The summed E-state index contributed by atoms with van der Waals surface area (Å²) < 4.78 is 31.3. The molecule has 0 amide bonds. The second kappa shape index (κ2) is 6.07. The van der Waals surface area contributed by atoms with Crippen LogP contribution >= 0.6 is 0 Å². The van der Waals surface area contributed by atoms with Crippen LogP contribution < -0.4 is 5.73 Å². The van der Waals surface area contributed by atoms with Gasteiger partial charge in [0.15, 0.2) is 0 Å². The molecule has 2 nitrogen and oxygen atoms in total. The highest BCUT2D eigenvalue weighted by atomic mass is 19.1. The van der Waals surface area contributed by atoms with E-state index in [1.54, 1.807) is 7.11 Å². The maximum atomic E-state index is 13.0. The van der Waals surface area contributed by atoms with E-state index in [9.17, 15) is 8.78 Å². The molecule has 2 N–H and O–H groups in total. The molecule has 0 saturated carbocycles. The second-order valence-electron chi connectivity index (χ2n) is 4.59. The van der Waals surface area contributed by atoms with Crippen molar-refractivity contribution in [2.24, 2.45) is 11.7 Å². The summed E-state index contributed by atoms with van der Waals surface area (Å²) in [6.07, 6.45) is 0.270. The number of methoxy groups -OCH3 is 1. The Bertz CT molecular complexity index is 348. The lowest BCUT2D eigenvalue weighted by Gasteiger charge is -2.26. The monoisotopic (exact) mass is 243 g/mol. The average molecular weight is 243 g/mol. The van der Waals surface area contributed by atoms with Crippen molar-refractivity contribution in [1.29, 1.82) is 0 Å². The molecule has 0 aromatic heterocycles. The highest BCUT2D eigenvalue weighted by Crippen LogP contribution is 2.15. The van der Waals surface area contributed by atoms with Gasteiger partial charge in [-0.2, -0.15) is 0 Å². The summed E-state index contributed by atoms with van der Waals surface area (Å²) >= 11 is 0. The van der Waals surface area contributed by atoms with Gasteiger partial charge in [-0.25, -0.2) is 8.78 Å². The zero-order valence-electron chi connectivity index (χ0n) is 10.4. The van der Waals surface area contributed by atoms with Crippen molar-refractivity contribution in [3.63, 3.8) is 0 Å². The first-order valence-corrected chi connectivity index (χ1v) is 5.67. The molecule has 2 unspecified atom stereocenters. The highest BCUT2D eigenvalue weighted by molar-refractivity contribution is 5.19. The van der Waals surface area contributed by atoms with Crippen molar-refractivity contribution in [2.75, 3.05) is 7.11 Å². The first-order valence-electron chi connectivity index (χ1n) is 5.67. The molecule has 0 bridgehead atoms. The molecule has 0 aliphatic carbocycles. The van der Waals surface area contributed by atoms with Gasteiger partial charge in [0.25, 0.3) is 0 Å². The fourth-order valence-electron chi connectivity index (χ4n) is 2.06. The smallest absolute Gasteiger partial charge is 0.126 e. The van der Waals surface area contributed by atoms with Crippen molar-refractivity contribution in [3.8, 4) is 0 Å². The van der Waals surface area contributed by atoms with Crippen LogP contribution in [-0.2, 0) is 11.2 Å². The van der Waals surface area contributed by atoms with Crippen LogP contribution in [0.25, 0.3) is 0 Å². The lowest BCUT2D eigenvalue weighted by Crippen LogP contribution is -2.41. The molecule has 2 atom stereocenters. The number of benzene rings is 1. The summed E-state index contributed by atoms with van der Waals surface area (Å²) in [5.41, 5.74) is 6.55. The molecule has 0 aliphatic rings. The van der Waals surface area contributed by atoms with Gasteiger partial charge >= 0.3 is 0 Å². The zero-order chi connectivity index (χ0) is 13.0. The van der Waals surface area contributed by atoms with Crippen molar-refractivity contribution in [1.82, 2.24) is 0 Å². The Kier molecular flexibility index (Phi) is 5.02. The molecule has 0 spiro atoms. The predicted molar refractivity (Wildman–Crippen MR) is 63.7 cm³/mol. The Balaban J connectivity index is 2.76. The van der Waals surface area contributed by atoms with E-state index in [-0.39, 0.29) is 18.1 Å². The number of nitrogens with two attached hydrogens (primary N) is 1. The van der Waals surface area contributed by atoms with Crippen LogP contribution in [-0.4, -0.2) is 19.3 Å². The molecular weight excluding hydrogens is 224 g/mol. The summed E-state index contributed by atoms with van der Waals surface area (Å²) in [5, 5.41) is 0. The third kappa shape index (κ3) is 4.06. The lowest BCUT2D eigenvalue weighted by atomic mass is 9.94. The lowest BCUT2D eigenvalue weighted by molar-refractivity contribution is 0.0441. The van der Waals surface area contributed by atoms with Gasteiger partial charge in [-0.3, -0.25) is 0 Å². The van der Waals surface area contributed by atoms with Crippen molar-refractivity contribution in [2.45, 2.75) is 32.4 Å². The van der Waals surface area contributed by atoms with Gasteiger partial charge < -0.3 is 10.5 Å². The molecule has 0 saturated heterocycles. The Labute approximate surface area is 101 Å². The van der Waals surface area contributed by atoms with Gasteiger partial charge in [0.05, 0.1) is 6.10 Å². The van der Waals surface area contributed by atoms with Crippen LogP contribution in [0.15, 0.2) is 18.2 Å². The van der Waals surface area contributed by atoms with Crippen LogP contribution in [0.3, 0.4) is 0 Å². The topological polar surface area (TPSA) is 35.2 Å². The molecule has 0 fully saturated rings. The van der Waals surface area contributed by atoms with Crippen LogP contribution in [0.1, 0.15) is 19.4 Å². The van der Waals surface area contributed by atoms with Gasteiger partial charge in [0, 0.05) is 19.2 Å². The summed E-state index contributed by atoms with van der Waals surface area (Å²) in [4.78, 5) is 0. The van der Waals surface area contributed by atoms with Crippen molar-refractivity contribution < 1.29 is 13.5 Å². The SMILES string of the molecule is COC(C(C)C)C(N)Cc1cc(F)cc(F)c1. The molecular formula is C13H19F2NO. The Morgan fingerprint density at radius 3 is 2.12 bits per heavy atom. The normalized spacial score (nSPS) is 15.0. The molecule has 0 heterocycles. The minimum atomic E-state index is -0.578. The Morgan fingerprint density at radius 1 is 1.18 bits per heavy atom. The van der Waals surface area contributed by atoms with Crippen LogP contribution in [0.2, 0.25) is 0 Å². The van der Waals surface area contributed by atoms with E-state index in [4.69, 9.17) is 10.5 Å². The van der Waals surface area contributed by atoms with Crippen LogP contribution in [0, 0.1) is 17.6 Å². The molecule has 1 aromatic carbocycles. The largest absolute Gasteiger partial charge is 0.380 e. The number of halogens is 2. The van der Waals surface area contributed by atoms with Gasteiger partial charge in [0.2, 0.25) is 0 Å². The van der Waals surface area contributed by atoms with E-state index in [1.165, 1.54) is 12.1 Å². The fourth-order valence-corrected chi connectivity index (χ4v) is 2.06. The number of hydrogen-bond donors (Lipinski definition) is 1. The summed E-state index contributed by atoms with van der Waals surface area (Å²) in [5.74, 6) is -0.898. The fraction of sp³-hybridized carbons (Fsp3) is 0.538. The summed E-state index contributed by atoms with van der Waals surface area (Å²) in [6, 6.07) is 3.18. The number of rotatable bonds is 5. The Morgan fingerprint density at radius 2 is 1.71 bits per heavy atom. The Hall–Kier alpha value is -1.00. The van der Waals surface area contributed by atoms with E-state index in [0.29, 0.717) is 12.0 Å². The average Bonchev–Trinajstić information content (AvgIpc) is 2.15. The van der Waals surface area contributed by atoms with E-state index in [1.807, 2.05) is 13.8 Å². The van der Waals surface area contributed by atoms with Crippen LogP contribution in [0.4, 0.5) is 8.78 Å². The van der Waals surface area contributed by atoms with E-state index in [2.05, 4.69) is 0 Å². The number of hydrogen-bond acceptors (Lipinski definition) is 2. The quantitative estimate of drug-likeness (QED) is 0.862. The number of ether oxygens (including phenoxy) is 1. The predicted octanol–water partition coefficient (Wildman–Crippen LogP) is 2.51. The zero-order valence-corrected chi connectivity index (χ0v) is 10.4. The first-order chi connectivity index (χ1) is 7.93. The summed E-state index contributed by atoms with van der Waals surface area (Å²) in [6.45, 7) is 4.00. The molecule has 0 radical (unpaired) electrons. The van der Waals surface area contributed by atoms with Gasteiger partial charge in [-0.05, 0) is 30.0 Å². The molecule has 17 heavy (non-hydrogen) atoms. The van der Waals surface area contributed by atoms with E-state index in [0.717, 1.165) is 6.07 Å². The maximum absolute atomic E-state index is 13.0.